The number of sulfone groups is 1. The molecule has 0 aromatic heterocycles. The number of guanidine groups is 1. The molecule has 0 saturated carbocycles. The van der Waals surface area contributed by atoms with E-state index in [9.17, 15) is 8.42 Å². The van der Waals surface area contributed by atoms with Crippen LogP contribution in [0.5, 0.6) is 0 Å². The molecule has 2 aliphatic rings. The number of ether oxygens (including phenoxy) is 1. The summed E-state index contributed by atoms with van der Waals surface area (Å²) < 4.78 is 28.6. The van der Waals surface area contributed by atoms with Crippen LogP contribution in [0.1, 0.15) is 40.0 Å². The van der Waals surface area contributed by atoms with Crippen molar-refractivity contribution in [1.82, 2.24) is 10.6 Å². The zero-order valence-corrected chi connectivity index (χ0v) is 17.4. The van der Waals surface area contributed by atoms with Crippen molar-refractivity contribution in [3.63, 3.8) is 0 Å². The maximum absolute atomic E-state index is 11.5. The zero-order chi connectivity index (χ0) is 16.2. The standard InChI is InChI=1S/C15H29N3O3S.HI/c1-11(2)17-15(18-14-4-6-21-12(3)8-14)16-9-13-5-7-22(19,20)10-13;/h11-14H,4-10H2,1-3H3,(H2,16,17,18);1H. The van der Waals surface area contributed by atoms with Gasteiger partial charge in [0, 0.05) is 25.2 Å². The van der Waals surface area contributed by atoms with E-state index in [-0.39, 0.29) is 47.8 Å². The summed E-state index contributed by atoms with van der Waals surface area (Å²) in [4.78, 5) is 4.62. The first-order chi connectivity index (χ1) is 10.3. The lowest BCUT2D eigenvalue weighted by molar-refractivity contribution is 0.0165. The second-order valence-electron chi connectivity index (χ2n) is 6.80. The quantitative estimate of drug-likeness (QED) is 0.379. The lowest BCUT2D eigenvalue weighted by Crippen LogP contribution is -2.48. The number of aliphatic imine (C=N–C) groups is 1. The summed E-state index contributed by atoms with van der Waals surface area (Å²) in [5, 5.41) is 6.81. The molecule has 2 heterocycles. The highest BCUT2D eigenvalue weighted by molar-refractivity contribution is 14.0. The van der Waals surface area contributed by atoms with Crippen molar-refractivity contribution in [3.05, 3.63) is 0 Å². The first kappa shape index (κ1) is 21.0. The average Bonchev–Trinajstić information content (AvgIpc) is 2.75. The van der Waals surface area contributed by atoms with Crippen LogP contribution >= 0.6 is 24.0 Å². The van der Waals surface area contributed by atoms with Crippen LogP contribution in [0.4, 0.5) is 0 Å². The van der Waals surface area contributed by atoms with Crippen LogP contribution in [-0.2, 0) is 14.6 Å². The molecule has 0 aromatic carbocycles. The number of hydrogen-bond donors (Lipinski definition) is 2. The number of nitrogens with one attached hydrogen (secondary N) is 2. The van der Waals surface area contributed by atoms with Crippen LogP contribution in [-0.4, -0.2) is 57.2 Å². The third kappa shape index (κ3) is 7.55. The minimum Gasteiger partial charge on any atom is -0.378 e. The van der Waals surface area contributed by atoms with E-state index < -0.39 is 9.84 Å². The fourth-order valence-corrected chi connectivity index (χ4v) is 4.81. The highest BCUT2D eigenvalue weighted by atomic mass is 127. The molecule has 0 bridgehead atoms. The van der Waals surface area contributed by atoms with Gasteiger partial charge in [-0.25, -0.2) is 8.42 Å². The summed E-state index contributed by atoms with van der Waals surface area (Å²) in [7, 11) is -2.83. The highest BCUT2D eigenvalue weighted by Gasteiger charge is 2.28. The Hall–Kier alpha value is -0.0900. The Balaban J connectivity index is 0.00000264. The van der Waals surface area contributed by atoms with Gasteiger partial charge in [-0.3, -0.25) is 4.99 Å². The van der Waals surface area contributed by atoms with Crippen LogP contribution in [0.2, 0.25) is 0 Å². The normalized spacial score (nSPS) is 30.8. The van der Waals surface area contributed by atoms with Gasteiger partial charge in [0.2, 0.25) is 0 Å². The van der Waals surface area contributed by atoms with Crippen molar-refractivity contribution in [2.24, 2.45) is 10.9 Å². The molecule has 0 amide bonds. The minimum absolute atomic E-state index is 0. The molecule has 2 rings (SSSR count). The molecular formula is C15H30IN3O3S. The molecule has 3 atom stereocenters. The number of rotatable bonds is 4. The second kappa shape index (κ2) is 9.41. The first-order valence-corrected chi connectivity index (χ1v) is 10.1. The van der Waals surface area contributed by atoms with Crippen molar-refractivity contribution < 1.29 is 13.2 Å². The van der Waals surface area contributed by atoms with Crippen LogP contribution in [0.25, 0.3) is 0 Å². The van der Waals surface area contributed by atoms with Crippen molar-refractivity contribution in [3.8, 4) is 0 Å². The van der Waals surface area contributed by atoms with Crippen LogP contribution < -0.4 is 10.6 Å². The first-order valence-electron chi connectivity index (χ1n) is 8.23. The van der Waals surface area contributed by atoms with E-state index in [0.29, 0.717) is 18.3 Å². The molecule has 3 unspecified atom stereocenters. The fraction of sp³-hybridized carbons (Fsp3) is 0.933. The van der Waals surface area contributed by atoms with E-state index in [1.165, 1.54) is 0 Å². The molecule has 0 aliphatic carbocycles. The number of halogens is 1. The largest absolute Gasteiger partial charge is 0.378 e. The van der Waals surface area contributed by atoms with E-state index >= 15 is 0 Å². The highest BCUT2D eigenvalue weighted by Crippen LogP contribution is 2.18. The van der Waals surface area contributed by atoms with Crippen molar-refractivity contribution in [2.45, 2.75) is 58.2 Å². The second-order valence-corrected chi connectivity index (χ2v) is 9.03. The molecule has 0 aromatic rings. The summed E-state index contributed by atoms with van der Waals surface area (Å²) in [5.74, 6) is 1.54. The molecule has 2 aliphatic heterocycles. The number of nitrogens with zero attached hydrogens (tertiary/aromatic N) is 1. The average molecular weight is 459 g/mol. The topological polar surface area (TPSA) is 79.8 Å². The summed E-state index contributed by atoms with van der Waals surface area (Å²) in [6, 6.07) is 0.650. The third-order valence-electron chi connectivity index (χ3n) is 4.09. The van der Waals surface area contributed by atoms with Gasteiger partial charge in [-0.05, 0) is 46.0 Å². The fourth-order valence-electron chi connectivity index (χ4n) is 2.97. The summed E-state index contributed by atoms with van der Waals surface area (Å²) in [5.41, 5.74) is 0. The van der Waals surface area contributed by atoms with Gasteiger partial charge in [-0.2, -0.15) is 0 Å². The van der Waals surface area contributed by atoms with Crippen LogP contribution in [0.15, 0.2) is 4.99 Å². The van der Waals surface area contributed by atoms with Gasteiger partial charge in [0.05, 0.1) is 17.6 Å². The predicted octanol–water partition coefficient (Wildman–Crippen LogP) is 1.55. The SMILES string of the molecule is CC(C)NC(=NCC1CCS(=O)(=O)C1)NC1CCOC(C)C1.I. The van der Waals surface area contributed by atoms with Crippen molar-refractivity contribution in [1.29, 1.82) is 0 Å². The molecule has 0 radical (unpaired) electrons. The Morgan fingerprint density at radius 2 is 2.09 bits per heavy atom. The van der Waals surface area contributed by atoms with Gasteiger partial charge >= 0.3 is 0 Å². The molecule has 8 heteroatoms. The Bertz CT molecular complexity index is 496. The number of hydrogen-bond acceptors (Lipinski definition) is 4. The smallest absolute Gasteiger partial charge is 0.191 e. The summed E-state index contributed by atoms with van der Waals surface area (Å²) in [6.07, 6.45) is 2.94. The molecule has 6 nitrogen and oxygen atoms in total. The third-order valence-corrected chi connectivity index (χ3v) is 5.92. The predicted molar refractivity (Wildman–Crippen MR) is 104 cm³/mol. The molecule has 0 spiro atoms. The molecular weight excluding hydrogens is 429 g/mol. The van der Waals surface area contributed by atoms with Gasteiger partial charge in [0.15, 0.2) is 15.8 Å². The monoisotopic (exact) mass is 459 g/mol. The molecule has 2 fully saturated rings. The molecule has 2 saturated heterocycles. The Morgan fingerprint density at radius 1 is 1.35 bits per heavy atom. The lowest BCUT2D eigenvalue weighted by atomic mass is 10.0. The van der Waals surface area contributed by atoms with Gasteiger partial charge in [0.1, 0.15) is 0 Å². The lowest BCUT2D eigenvalue weighted by Gasteiger charge is -2.30. The van der Waals surface area contributed by atoms with E-state index in [0.717, 1.165) is 31.8 Å². The molecule has 2 N–H and O–H groups in total. The van der Waals surface area contributed by atoms with E-state index in [2.05, 4.69) is 36.4 Å². The molecule has 136 valence electrons. The van der Waals surface area contributed by atoms with Crippen LogP contribution in [0, 0.1) is 5.92 Å². The van der Waals surface area contributed by atoms with E-state index in [4.69, 9.17) is 4.74 Å². The van der Waals surface area contributed by atoms with E-state index in [1.807, 2.05) is 0 Å². The van der Waals surface area contributed by atoms with Crippen molar-refractivity contribution in [2.75, 3.05) is 24.7 Å². The van der Waals surface area contributed by atoms with Crippen LogP contribution in [0.3, 0.4) is 0 Å². The maximum atomic E-state index is 11.5. The Morgan fingerprint density at radius 3 is 2.65 bits per heavy atom. The summed E-state index contributed by atoms with van der Waals surface area (Å²) in [6.45, 7) is 7.58. The van der Waals surface area contributed by atoms with E-state index in [1.54, 1.807) is 0 Å². The molecule has 23 heavy (non-hydrogen) atoms. The Kier molecular flexibility index (Phi) is 8.57. The van der Waals surface area contributed by atoms with Gasteiger partial charge in [-0.1, -0.05) is 0 Å². The van der Waals surface area contributed by atoms with Gasteiger partial charge in [0.25, 0.3) is 0 Å². The zero-order valence-electron chi connectivity index (χ0n) is 14.2. The van der Waals surface area contributed by atoms with Gasteiger partial charge in [-0.15, -0.1) is 24.0 Å². The van der Waals surface area contributed by atoms with Crippen molar-refractivity contribution >= 4 is 39.8 Å². The minimum atomic E-state index is -2.83. The maximum Gasteiger partial charge on any atom is 0.191 e. The Labute approximate surface area is 157 Å². The van der Waals surface area contributed by atoms with Gasteiger partial charge < -0.3 is 15.4 Å². The summed E-state index contributed by atoms with van der Waals surface area (Å²) >= 11 is 0.